The summed E-state index contributed by atoms with van der Waals surface area (Å²) in [5.41, 5.74) is 1.13. The Morgan fingerprint density at radius 1 is 1.60 bits per heavy atom. The van der Waals surface area contributed by atoms with E-state index in [1.165, 1.54) is 0 Å². The van der Waals surface area contributed by atoms with Crippen LogP contribution in [-0.4, -0.2) is 30.8 Å². The first-order valence-electron chi connectivity index (χ1n) is 4.82. The number of ether oxygens (including phenoxy) is 1. The minimum absolute atomic E-state index is 0.265. The van der Waals surface area contributed by atoms with Crippen LogP contribution in [0.15, 0.2) is 18.2 Å². The molecule has 1 N–H and O–H groups in total. The molecule has 0 spiro atoms. The van der Waals surface area contributed by atoms with Crippen molar-refractivity contribution in [1.82, 2.24) is 0 Å². The molecule has 0 aromatic heterocycles. The van der Waals surface area contributed by atoms with Gasteiger partial charge in [0, 0.05) is 7.05 Å². The van der Waals surface area contributed by atoms with E-state index in [0.29, 0.717) is 12.2 Å². The van der Waals surface area contributed by atoms with Crippen molar-refractivity contribution in [2.45, 2.75) is 13.0 Å². The van der Waals surface area contributed by atoms with E-state index in [0.717, 1.165) is 11.4 Å². The number of nitrogens with zero attached hydrogens (tertiary/aromatic N) is 1. The Morgan fingerprint density at radius 3 is 3.00 bits per heavy atom. The molecule has 0 bridgehead atoms. The average Bonchev–Trinajstić information content (AvgIpc) is 2.23. The van der Waals surface area contributed by atoms with Crippen molar-refractivity contribution in [2.24, 2.45) is 0 Å². The summed E-state index contributed by atoms with van der Waals surface area (Å²) in [5.74, 6) is -0.162. The minimum atomic E-state index is -0.913. The van der Waals surface area contributed by atoms with Gasteiger partial charge in [0.15, 0.2) is 0 Å². The van der Waals surface area contributed by atoms with Gasteiger partial charge in [0.1, 0.15) is 12.4 Å². The van der Waals surface area contributed by atoms with Gasteiger partial charge < -0.3 is 14.7 Å². The lowest BCUT2D eigenvalue weighted by molar-refractivity contribution is 0.0697. The van der Waals surface area contributed by atoms with E-state index >= 15 is 0 Å². The molecule has 0 radical (unpaired) electrons. The van der Waals surface area contributed by atoms with Crippen molar-refractivity contribution in [3.05, 3.63) is 23.8 Å². The highest BCUT2D eigenvalue weighted by atomic mass is 16.5. The van der Waals surface area contributed by atoms with Crippen LogP contribution in [0.2, 0.25) is 0 Å². The molecule has 0 unspecified atom stereocenters. The summed E-state index contributed by atoms with van der Waals surface area (Å²) in [7, 11) is 1.94. The van der Waals surface area contributed by atoms with E-state index in [1.807, 2.05) is 18.9 Å². The maximum Gasteiger partial charge on any atom is 0.335 e. The SMILES string of the molecule is C[C@H]1COc2ccc(C(=O)O)cc2N1C. The first kappa shape index (κ1) is 9.83. The van der Waals surface area contributed by atoms with Crippen LogP contribution in [0, 0.1) is 0 Å². The highest BCUT2D eigenvalue weighted by molar-refractivity contribution is 5.89. The van der Waals surface area contributed by atoms with Gasteiger partial charge in [-0.1, -0.05) is 0 Å². The van der Waals surface area contributed by atoms with Crippen LogP contribution >= 0.6 is 0 Å². The lowest BCUT2D eigenvalue weighted by Crippen LogP contribution is -2.38. The molecule has 1 aromatic rings. The fourth-order valence-electron chi connectivity index (χ4n) is 1.61. The third-order valence-corrected chi connectivity index (χ3v) is 2.73. The van der Waals surface area contributed by atoms with E-state index in [9.17, 15) is 4.79 Å². The fraction of sp³-hybridized carbons (Fsp3) is 0.364. The van der Waals surface area contributed by atoms with Gasteiger partial charge in [0.25, 0.3) is 0 Å². The second-order valence-corrected chi connectivity index (χ2v) is 3.76. The first-order valence-corrected chi connectivity index (χ1v) is 4.82. The van der Waals surface area contributed by atoms with Crippen LogP contribution in [0.1, 0.15) is 17.3 Å². The molecular weight excluding hydrogens is 194 g/mol. The minimum Gasteiger partial charge on any atom is -0.489 e. The molecule has 15 heavy (non-hydrogen) atoms. The van der Waals surface area contributed by atoms with Crippen LogP contribution in [0.5, 0.6) is 5.75 Å². The Bertz CT molecular complexity index is 403. The molecule has 0 saturated heterocycles. The molecule has 0 amide bonds. The number of likely N-dealkylation sites (N-methyl/N-ethyl adjacent to an activating group) is 1. The second kappa shape index (κ2) is 3.46. The number of carboxylic acids is 1. The number of rotatable bonds is 1. The molecule has 4 heteroatoms. The largest absolute Gasteiger partial charge is 0.489 e. The zero-order valence-corrected chi connectivity index (χ0v) is 8.73. The van der Waals surface area contributed by atoms with E-state index < -0.39 is 5.97 Å². The molecule has 0 aliphatic carbocycles. The highest BCUT2D eigenvalue weighted by Gasteiger charge is 2.22. The third kappa shape index (κ3) is 1.63. The molecule has 4 nitrogen and oxygen atoms in total. The van der Waals surface area contributed by atoms with Crippen molar-refractivity contribution in [3.8, 4) is 5.75 Å². The van der Waals surface area contributed by atoms with Crippen LogP contribution in [-0.2, 0) is 0 Å². The van der Waals surface area contributed by atoms with Gasteiger partial charge in [-0.25, -0.2) is 4.79 Å². The van der Waals surface area contributed by atoms with Crippen molar-refractivity contribution in [1.29, 1.82) is 0 Å². The van der Waals surface area contributed by atoms with Crippen LogP contribution < -0.4 is 9.64 Å². The zero-order chi connectivity index (χ0) is 11.0. The lowest BCUT2D eigenvalue weighted by atomic mass is 10.1. The summed E-state index contributed by atoms with van der Waals surface area (Å²) in [6.45, 7) is 2.67. The van der Waals surface area contributed by atoms with Crippen molar-refractivity contribution in [2.75, 3.05) is 18.6 Å². The first-order chi connectivity index (χ1) is 7.09. The topological polar surface area (TPSA) is 49.8 Å². The normalized spacial score (nSPS) is 19.3. The third-order valence-electron chi connectivity index (χ3n) is 2.73. The van der Waals surface area contributed by atoms with Crippen LogP contribution in [0.4, 0.5) is 5.69 Å². The van der Waals surface area contributed by atoms with Gasteiger partial charge in [-0.3, -0.25) is 0 Å². The quantitative estimate of drug-likeness (QED) is 0.760. The predicted octanol–water partition coefficient (Wildman–Crippen LogP) is 1.60. The Hall–Kier alpha value is -1.71. The van der Waals surface area contributed by atoms with Gasteiger partial charge >= 0.3 is 5.97 Å². The number of hydrogen-bond acceptors (Lipinski definition) is 3. The van der Waals surface area contributed by atoms with Crippen molar-refractivity contribution < 1.29 is 14.6 Å². The Kier molecular flexibility index (Phi) is 2.26. The number of fused-ring (bicyclic) bond motifs is 1. The summed E-state index contributed by atoms with van der Waals surface area (Å²) in [6, 6.07) is 5.18. The van der Waals surface area contributed by atoms with Gasteiger partial charge in [-0.05, 0) is 25.1 Å². The van der Waals surface area contributed by atoms with E-state index in [4.69, 9.17) is 9.84 Å². The van der Waals surface area contributed by atoms with Gasteiger partial charge in [0.05, 0.1) is 17.3 Å². The summed E-state index contributed by atoms with van der Waals surface area (Å²) in [4.78, 5) is 12.8. The standard InChI is InChI=1S/C11H13NO3/c1-7-6-15-10-4-3-8(11(13)14)5-9(10)12(7)2/h3-5,7H,6H2,1-2H3,(H,13,14)/t7-/m0/s1. The Morgan fingerprint density at radius 2 is 2.33 bits per heavy atom. The molecule has 1 heterocycles. The Balaban J connectivity index is 2.45. The fourth-order valence-corrected chi connectivity index (χ4v) is 1.61. The molecule has 1 atom stereocenters. The number of anilines is 1. The molecule has 0 saturated carbocycles. The van der Waals surface area contributed by atoms with Gasteiger partial charge in [-0.15, -0.1) is 0 Å². The van der Waals surface area contributed by atoms with Crippen LogP contribution in [0.25, 0.3) is 0 Å². The zero-order valence-electron chi connectivity index (χ0n) is 8.73. The number of carbonyl (C=O) groups is 1. The Labute approximate surface area is 88.1 Å². The van der Waals surface area contributed by atoms with Gasteiger partial charge in [-0.2, -0.15) is 0 Å². The summed E-state index contributed by atoms with van der Waals surface area (Å²) in [6.07, 6.45) is 0. The second-order valence-electron chi connectivity index (χ2n) is 3.76. The summed E-state index contributed by atoms with van der Waals surface area (Å²) < 4.78 is 5.51. The van der Waals surface area contributed by atoms with Crippen molar-refractivity contribution >= 4 is 11.7 Å². The lowest BCUT2D eigenvalue weighted by Gasteiger charge is -2.33. The molecule has 80 valence electrons. The maximum absolute atomic E-state index is 10.8. The number of carboxylic acid groups (broad SMARTS) is 1. The molecule has 0 fully saturated rings. The molecular formula is C11H13NO3. The monoisotopic (exact) mass is 207 g/mol. The summed E-state index contributed by atoms with van der Waals surface area (Å²) >= 11 is 0. The predicted molar refractivity (Wildman–Crippen MR) is 56.8 cm³/mol. The van der Waals surface area contributed by atoms with E-state index in [2.05, 4.69) is 0 Å². The summed E-state index contributed by atoms with van der Waals surface area (Å²) in [5, 5.41) is 8.88. The molecule has 1 aliphatic heterocycles. The molecule has 1 aromatic carbocycles. The smallest absolute Gasteiger partial charge is 0.335 e. The average molecular weight is 207 g/mol. The number of aromatic carboxylic acids is 1. The van der Waals surface area contributed by atoms with Gasteiger partial charge in [0.2, 0.25) is 0 Å². The number of benzene rings is 1. The van der Waals surface area contributed by atoms with Crippen LogP contribution in [0.3, 0.4) is 0 Å². The molecule has 1 aliphatic rings. The van der Waals surface area contributed by atoms with Crippen molar-refractivity contribution in [3.63, 3.8) is 0 Å². The molecule has 2 rings (SSSR count). The number of hydrogen-bond donors (Lipinski definition) is 1. The maximum atomic E-state index is 10.8. The van der Waals surface area contributed by atoms with E-state index in [1.54, 1.807) is 18.2 Å². The van der Waals surface area contributed by atoms with E-state index in [-0.39, 0.29) is 6.04 Å². The highest BCUT2D eigenvalue weighted by Crippen LogP contribution is 2.33.